The molecule has 98 valence electrons. The van der Waals surface area contributed by atoms with Gasteiger partial charge in [0.15, 0.2) is 0 Å². The third-order valence-corrected chi connectivity index (χ3v) is 3.97. The molecule has 2 rings (SSSR count). The summed E-state index contributed by atoms with van der Waals surface area (Å²) in [5.41, 5.74) is 0.334. The Bertz CT molecular complexity index is 428. The molecule has 1 saturated carbocycles. The van der Waals surface area contributed by atoms with Gasteiger partial charge in [0.2, 0.25) is 0 Å². The van der Waals surface area contributed by atoms with E-state index in [1.54, 1.807) is 12.1 Å². The van der Waals surface area contributed by atoms with Crippen LogP contribution in [0.1, 0.15) is 42.5 Å². The van der Waals surface area contributed by atoms with E-state index in [4.69, 9.17) is 0 Å². The second kappa shape index (κ2) is 6.23. The van der Waals surface area contributed by atoms with Gasteiger partial charge in [0, 0.05) is 11.0 Å². The van der Waals surface area contributed by atoms with Crippen LogP contribution >= 0.6 is 15.9 Å². The van der Waals surface area contributed by atoms with Crippen LogP contribution in [0.25, 0.3) is 0 Å². The van der Waals surface area contributed by atoms with Gasteiger partial charge in [-0.05, 0) is 37.0 Å². The van der Waals surface area contributed by atoms with Gasteiger partial charge < -0.3 is 10.4 Å². The van der Waals surface area contributed by atoms with Crippen LogP contribution in [-0.2, 0) is 0 Å². The van der Waals surface area contributed by atoms with Crippen molar-refractivity contribution < 1.29 is 9.90 Å². The van der Waals surface area contributed by atoms with Crippen LogP contribution in [0.4, 0.5) is 0 Å². The van der Waals surface area contributed by atoms with Gasteiger partial charge in [0.1, 0.15) is 5.75 Å². The number of carbonyl (C=O) groups excluding carboxylic acids is 1. The molecule has 1 amide bonds. The molecule has 0 saturated heterocycles. The molecule has 4 heteroatoms. The molecule has 0 bridgehead atoms. The number of nitrogens with one attached hydrogen (secondary N) is 1. The number of phenolic OH excluding ortho intramolecular Hbond substituents is 1. The zero-order chi connectivity index (χ0) is 13.0. The van der Waals surface area contributed by atoms with Crippen LogP contribution in [0.3, 0.4) is 0 Å². The highest BCUT2D eigenvalue weighted by Crippen LogP contribution is 2.24. The van der Waals surface area contributed by atoms with Crippen molar-refractivity contribution >= 4 is 21.8 Å². The number of hydrogen-bond donors (Lipinski definition) is 2. The van der Waals surface area contributed by atoms with Gasteiger partial charge >= 0.3 is 0 Å². The SMILES string of the molecule is O=C(NCC1CCCCC1)c1cc(Br)ccc1O. The Morgan fingerprint density at radius 1 is 1.33 bits per heavy atom. The van der Waals surface area contributed by atoms with Crippen molar-refractivity contribution in [3.8, 4) is 5.75 Å². The van der Waals surface area contributed by atoms with Gasteiger partial charge in [-0.25, -0.2) is 0 Å². The van der Waals surface area contributed by atoms with Gasteiger partial charge in [0.25, 0.3) is 5.91 Å². The third-order valence-electron chi connectivity index (χ3n) is 3.48. The van der Waals surface area contributed by atoms with E-state index in [9.17, 15) is 9.90 Å². The van der Waals surface area contributed by atoms with Crippen molar-refractivity contribution in [3.05, 3.63) is 28.2 Å². The molecular weight excluding hydrogens is 294 g/mol. The molecule has 0 spiro atoms. The predicted octanol–water partition coefficient (Wildman–Crippen LogP) is 3.46. The quantitative estimate of drug-likeness (QED) is 0.898. The molecule has 0 aliphatic heterocycles. The molecule has 1 fully saturated rings. The highest BCUT2D eigenvalue weighted by molar-refractivity contribution is 9.10. The van der Waals surface area contributed by atoms with Crippen molar-refractivity contribution in [1.82, 2.24) is 5.32 Å². The zero-order valence-electron chi connectivity index (χ0n) is 10.3. The van der Waals surface area contributed by atoms with Crippen molar-refractivity contribution in [2.75, 3.05) is 6.54 Å². The Morgan fingerprint density at radius 3 is 2.78 bits per heavy atom. The zero-order valence-corrected chi connectivity index (χ0v) is 11.9. The lowest BCUT2D eigenvalue weighted by molar-refractivity contribution is 0.0941. The van der Waals surface area contributed by atoms with Crippen LogP contribution in [0.5, 0.6) is 5.75 Å². The first-order valence-corrected chi connectivity index (χ1v) is 7.23. The Balaban J connectivity index is 1.92. The van der Waals surface area contributed by atoms with E-state index >= 15 is 0 Å². The molecule has 1 aromatic rings. The lowest BCUT2D eigenvalue weighted by atomic mass is 9.89. The minimum Gasteiger partial charge on any atom is -0.507 e. The van der Waals surface area contributed by atoms with Gasteiger partial charge in [-0.2, -0.15) is 0 Å². The molecule has 0 radical (unpaired) electrons. The van der Waals surface area contributed by atoms with E-state index in [0.717, 1.165) is 4.47 Å². The first-order valence-electron chi connectivity index (χ1n) is 6.43. The fraction of sp³-hybridized carbons (Fsp3) is 0.500. The molecule has 2 N–H and O–H groups in total. The molecule has 1 aromatic carbocycles. The number of aromatic hydroxyl groups is 1. The summed E-state index contributed by atoms with van der Waals surface area (Å²) in [6.07, 6.45) is 6.25. The van der Waals surface area contributed by atoms with Crippen LogP contribution in [0.15, 0.2) is 22.7 Å². The van der Waals surface area contributed by atoms with Crippen LogP contribution in [0.2, 0.25) is 0 Å². The Morgan fingerprint density at radius 2 is 2.06 bits per heavy atom. The number of rotatable bonds is 3. The smallest absolute Gasteiger partial charge is 0.255 e. The Hall–Kier alpha value is -1.03. The Labute approximate surface area is 116 Å². The summed E-state index contributed by atoms with van der Waals surface area (Å²) in [5.74, 6) is 0.427. The molecule has 1 aliphatic rings. The molecular formula is C14H18BrNO2. The fourth-order valence-electron chi connectivity index (χ4n) is 2.41. The lowest BCUT2D eigenvalue weighted by Gasteiger charge is -2.21. The van der Waals surface area contributed by atoms with Crippen molar-refractivity contribution in [1.29, 1.82) is 0 Å². The summed E-state index contributed by atoms with van der Waals surface area (Å²) in [6.45, 7) is 0.713. The highest BCUT2D eigenvalue weighted by Gasteiger charge is 2.16. The number of hydrogen-bond acceptors (Lipinski definition) is 2. The van der Waals surface area contributed by atoms with E-state index in [2.05, 4.69) is 21.2 Å². The van der Waals surface area contributed by atoms with Gasteiger partial charge in [-0.1, -0.05) is 35.2 Å². The molecule has 18 heavy (non-hydrogen) atoms. The van der Waals surface area contributed by atoms with Gasteiger partial charge in [-0.15, -0.1) is 0 Å². The first-order chi connectivity index (χ1) is 8.66. The van der Waals surface area contributed by atoms with E-state index < -0.39 is 0 Å². The van der Waals surface area contributed by atoms with E-state index in [1.165, 1.54) is 38.2 Å². The number of phenols is 1. The first kappa shape index (κ1) is 13.4. The van der Waals surface area contributed by atoms with Crippen LogP contribution in [-0.4, -0.2) is 17.6 Å². The monoisotopic (exact) mass is 311 g/mol. The van der Waals surface area contributed by atoms with Crippen LogP contribution in [0, 0.1) is 5.92 Å². The maximum absolute atomic E-state index is 12.0. The van der Waals surface area contributed by atoms with Crippen molar-refractivity contribution in [2.24, 2.45) is 5.92 Å². The summed E-state index contributed by atoms with van der Waals surface area (Å²) >= 11 is 3.30. The predicted molar refractivity (Wildman–Crippen MR) is 74.7 cm³/mol. The summed E-state index contributed by atoms with van der Waals surface area (Å²) in [4.78, 5) is 12.0. The lowest BCUT2D eigenvalue weighted by Crippen LogP contribution is -2.30. The summed E-state index contributed by atoms with van der Waals surface area (Å²) in [5, 5.41) is 12.6. The largest absolute Gasteiger partial charge is 0.507 e. The minimum absolute atomic E-state index is 0.0272. The number of carbonyl (C=O) groups is 1. The number of halogens is 1. The summed E-state index contributed by atoms with van der Waals surface area (Å²) in [7, 11) is 0. The topological polar surface area (TPSA) is 49.3 Å². The summed E-state index contributed by atoms with van der Waals surface area (Å²) < 4.78 is 0.795. The maximum atomic E-state index is 12.0. The van der Waals surface area contributed by atoms with Crippen LogP contribution < -0.4 is 5.32 Å². The van der Waals surface area contributed by atoms with E-state index in [0.29, 0.717) is 18.0 Å². The molecule has 1 aliphatic carbocycles. The molecule has 0 atom stereocenters. The third kappa shape index (κ3) is 3.48. The molecule has 0 heterocycles. The van der Waals surface area contributed by atoms with E-state index in [-0.39, 0.29) is 11.7 Å². The van der Waals surface area contributed by atoms with Gasteiger partial charge in [0.05, 0.1) is 5.56 Å². The fourth-order valence-corrected chi connectivity index (χ4v) is 2.77. The number of amides is 1. The normalized spacial score (nSPS) is 16.5. The molecule has 0 unspecified atom stereocenters. The van der Waals surface area contributed by atoms with Crippen molar-refractivity contribution in [3.63, 3.8) is 0 Å². The van der Waals surface area contributed by atoms with E-state index in [1.807, 2.05) is 0 Å². The minimum atomic E-state index is -0.195. The Kier molecular flexibility index (Phi) is 4.64. The second-order valence-corrected chi connectivity index (χ2v) is 5.79. The second-order valence-electron chi connectivity index (χ2n) is 4.88. The number of benzene rings is 1. The highest BCUT2D eigenvalue weighted by atomic mass is 79.9. The average molecular weight is 312 g/mol. The average Bonchev–Trinajstić information content (AvgIpc) is 2.40. The summed E-state index contributed by atoms with van der Waals surface area (Å²) in [6, 6.07) is 4.89. The molecule has 3 nitrogen and oxygen atoms in total. The maximum Gasteiger partial charge on any atom is 0.255 e. The standard InChI is InChI=1S/C14H18BrNO2/c15-11-6-7-13(17)12(8-11)14(18)16-9-10-4-2-1-3-5-10/h6-8,10,17H,1-5,9H2,(H,16,18). The molecule has 0 aromatic heterocycles. The van der Waals surface area contributed by atoms with Crippen molar-refractivity contribution in [2.45, 2.75) is 32.1 Å². The van der Waals surface area contributed by atoms with Gasteiger partial charge in [-0.3, -0.25) is 4.79 Å².